The number of imidazole rings is 1. The van der Waals surface area contributed by atoms with Crippen molar-refractivity contribution < 1.29 is 4.79 Å². The number of nitrogen functional groups attached to an aromatic ring is 1. The average molecular weight is 345 g/mol. The Hall–Kier alpha value is -2.67. The Bertz CT molecular complexity index is 934. The molecule has 0 saturated heterocycles. The molecular weight excluding hydrogens is 328 g/mol. The third kappa shape index (κ3) is 2.78. The number of anilines is 1. The summed E-state index contributed by atoms with van der Waals surface area (Å²) in [6, 6.07) is 3.31. The zero-order valence-electron chi connectivity index (χ0n) is 13.3. The van der Waals surface area contributed by atoms with Crippen LogP contribution in [0.15, 0.2) is 24.8 Å². The van der Waals surface area contributed by atoms with Crippen LogP contribution >= 0.6 is 11.6 Å². The molecule has 2 heterocycles. The van der Waals surface area contributed by atoms with E-state index in [2.05, 4.69) is 28.8 Å². The standard InChI is InChI=1S/C16H17ClN6O/c1-8(2)3-9-14(16(19)24)10(17)4-11-15(9)22-7-23(11)13-5-12(18)20-6-21-13/h4-8H,3H2,1-2H3,(H2,19,24)(H2,18,20,21). The summed E-state index contributed by atoms with van der Waals surface area (Å²) in [5.74, 6) is 0.676. The zero-order chi connectivity index (χ0) is 17.4. The molecule has 1 amide bonds. The molecule has 124 valence electrons. The van der Waals surface area contributed by atoms with Gasteiger partial charge in [0.2, 0.25) is 0 Å². The first-order valence-corrected chi connectivity index (χ1v) is 7.82. The van der Waals surface area contributed by atoms with E-state index >= 15 is 0 Å². The molecule has 0 aliphatic heterocycles. The lowest BCUT2D eigenvalue weighted by Gasteiger charge is -2.13. The predicted octanol–water partition coefficient (Wildman–Crippen LogP) is 2.35. The summed E-state index contributed by atoms with van der Waals surface area (Å²) in [5.41, 5.74) is 13.7. The summed E-state index contributed by atoms with van der Waals surface area (Å²) in [6.07, 6.45) is 3.64. The van der Waals surface area contributed by atoms with Crippen LogP contribution in [0.25, 0.3) is 16.9 Å². The number of primary amides is 1. The number of carbonyl (C=O) groups is 1. The summed E-state index contributed by atoms with van der Waals surface area (Å²) in [7, 11) is 0. The van der Waals surface area contributed by atoms with Gasteiger partial charge in [0.15, 0.2) is 0 Å². The highest BCUT2D eigenvalue weighted by Gasteiger charge is 2.21. The lowest BCUT2D eigenvalue weighted by molar-refractivity contribution is 0.0999. The largest absolute Gasteiger partial charge is 0.384 e. The molecule has 3 rings (SSSR count). The van der Waals surface area contributed by atoms with Crippen molar-refractivity contribution in [2.45, 2.75) is 20.3 Å². The Morgan fingerprint density at radius 1 is 1.29 bits per heavy atom. The van der Waals surface area contributed by atoms with Crippen molar-refractivity contribution in [3.63, 3.8) is 0 Å². The minimum absolute atomic E-state index is 0.300. The maximum absolute atomic E-state index is 11.9. The molecule has 0 atom stereocenters. The first-order valence-electron chi connectivity index (χ1n) is 7.44. The topological polar surface area (TPSA) is 113 Å². The number of amides is 1. The minimum atomic E-state index is -0.557. The number of hydrogen-bond donors (Lipinski definition) is 2. The van der Waals surface area contributed by atoms with Crippen LogP contribution < -0.4 is 11.5 Å². The van der Waals surface area contributed by atoms with E-state index in [1.807, 2.05) is 0 Å². The lowest BCUT2D eigenvalue weighted by atomic mass is 9.96. The fourth-order valence-electron chi connectivity index (χ4n) is 2.73. The van der Waals surface area contributed by atoms with Crippen LogP contribution in [0.3, 0.4) is 0 Å². The number of benzene rings is 1. The van der Waals surface area contributed by atoms with Gasteiger partial charge in [-0.15, -0.1) is 0 Å². The maximum atomic E-state index is 11.9. The highest BCUT2D eigenvalue weighted by Crippen LogP contribution is 2.31. The van der Waals surface area contributed by atoms with Gasteiger partial charge >= 0.3 is 0 Å². The Kier molecular flexibility index (Phi) is 4.11. The number of nitrogens with zero attached hydrogens (tertiary/aromatic N) is 4. The molecule has 3 aromatic rings. The molecule has 0 aliphatic carbocycles. The maximum Gasteiger partial charge on any atom is 0.250 e. The zero-order valence-corrected chi connectivity index (χ0v) is 14.1. The van der Waals surface area contributed by atoms with Crippen LogP contribution in [-0.2, 0) is 6.42 Å². The minimum Gasteiger partial charge on any atom is -0.384 e. The van der Waals surface area contributed by atoms with Crippen LogP contribution in [0, 0.1) is 5.92 Å². The third-order valence-corrected chi connectivity index (χ3v) is 3.97. The summed E-state index contributed by atoms with van der Waals surface area (Å²) < 4.78 is 1.76. The second kappa shape index (κ2) is 6.09. The number of aromatic nitrogens is 4. The van der Waals surface area contributed by atoms with E-state index in [1.54, 1.807) is 23.0 Å². The number of fused-ring (bicyclic) bond motifs is 1. The number of halogens is 1. The summed E-state index contributed by atoms with van der Waals surface area (Å²) in [6.45, 7) is 4.11. The van der Waals surface area contributed by atoms with Gasteiger partial charge in [-0.05, 0) is 24.0 Å². The Balaban J connectivity index is 2.31. The second-order valence-electron chi connectivity index (χ2n) is 5.96. The molecule has 0 bridgehead atoms. The smallest absolute Gasteiger partial charge is 0.250 e. The highest BCUT2D eigenvalue weighted by molar-refractivity contribution is 6.35. The lowest BCUT2D eigenvalue weighted by Crippen LogP contribution is -2.16. The van der Waals surface area contributed by atoms with Crippen LogP contribution in [0.4, 0.5) is 5.82 Å². The normalized spacial score (nSPS) is 11.3. The molecule has 0 radical (unpaired) electrons. The fourth-order valence-corrected chi connectivity index (χ4v) is 3.04. The molecule has 0 aliphatic rings. The molecule has 1 aromatic carbocycles. The number of carbonyl (C=O) groups excluding carboxylic acids is 1. The van der Waals surface area contributed by atoms with E-state index in [0.29, 0.717) is 40.1 Å². The van der Waals surface area contributed by atoms with E-state index in [-0.39, 0.29) is 0 Å². The molecule has 0 fully saturated rings. The van der Waals surface area contributed by atoms with Crippen molar-refractivity contribution >= 4 is 34.4 Å². The molecular formula is C16H17ClN6O. The van der Waals surface area contributed by atoms with Crippen LogP contribution in [0.2, 0.25) is 5.02 Å². The molecule has 7 nitrogen and oxygen atoms in total. The van der Waals surface area contributed by atoms with Crippen molar-refractivity contribution in [1.29, 1.82) is 0 Å². The number of nitrogens with two attached hydrogens (primary N) is 2. The molecule has 2 aromatic heterocycles. The summed E-state index contributed by atoms with van der Waals surface area (Å²) in [5, 5.41) is 0.300. The first-order chi connectivity index (χ1) is 11.4. The van der Waals surface area contributed by atoms with Crippen molar-refractivity contribution in [3.05, 3.63) is 40.9 Å². The van der Waals surface area contributed by atoms with Gasteiger partial charge in [-0.2, -0.15) is 0 Å². The number of hydrogen-bond acceptors (Lipinski definition) is 5. The molecule has 24 heavy (non-hydrogen) atoms. The average Bonchev–Trinajstić information content (AvgIpc) is 2.89. The van der Waals surface area contributed by atoms with Gasteiger partial charge in [0.25, 0.3) is 5.91 Å². The summed E-state index contributed by atoms with van der Waals surface area (Å²) >= 11 is 6.34. The Labute approximate surface area is 143 Å². The SMILES string of the molecule is CC(C)Cc1c(C(N)=O)c(Cl)cc2c1ncn2-c1cc(N)ncn1. The van der Waals surface area contributed by atoms with E-state index in [0.717, 1.165) is 11.1 Å². The Morgan fingerprint density at radius 2 is 2.04 bits per heavy atom. The van der Waals surface area contributed by atoms with Gasteiger partial charge in [-0.25, -0.2) is 15.0 Å². The van der Waals surface area contributed by atoms with Gasteiger partial charge < -0.3 is 11.5 Å². The summed E-state index contributed by atoms with van der Waals surface area (Å²) in [4.78, 5) is 24.4. The molecule has 0 spiro atoms. The predicted molar refractivity (Wildman–Crippen MR) is 93.1 cm³/mol. The van der Waals surface area contributed by atoms with E-state index in [9.17, 15) is 4.79 Å². The highest BCUT2D eigenvalue weighted by atomic mass is 35.5. The van der Waals surface area contributed by atoms with E-state index in [4.69, 9.17) is 23.1 Å². The number of rotatable bonds is 4. The third-order valence-electron chi connectivity index (χ3n) is 3.67. The van der Waals surface area contributed by atoms with Crippen molar-refractivity contribution in [3.8, 4) is 5.82 Å². The van der Waals surface area contributed by atoms with Crippen molar-refractivity contribution in [2.75, 3.05) is 5.73 Å². The van der Waals surface area contributed by atoms with Gasteiger partial charge in [-0.1, -0.05) is 25.4 Å². The fraction of sp³-hybridized carbons (Fsp3) is 0.250. The second-order valence-corrected chi connectivity index (χ2v) is 6.36. The van der Waals surface area contributed by atoms with Gasteiger partial charge in [0.1, 0.15) is 24.3 Å². The molecule has 8 heteroatoms. The van der Waals surface area contributed by atoms with Gasteiger partial charge in [0, 0.05) is 6.07 Å². The van der Waals surface area contributed by atoms with Gasteiger partial charge in [-0.3, -0.25) is 9.36 Å². The monoisotopic (exact) mass is 344 g/mol. The molecule has 4 N–H and O–H groups in total. The van der Waals surface area contributed by atoms with E-state index < -0.39 is 5.91 Å². The van der Waals surface area contributed by atoms with Gasteiger partial charge in [0.05, 0.1) is 21.6 Å². The Morgan fingerprint density at radius 3 is 2.67 bits per heavy atom. The van der Waals surface area contributed by atoms with E-state index in [1.165, 1.54) is 6.33 Å². The first kappa shape index (κ1) is 16.2. The molecule has 0 unspecified atom stereocenters. The molecule has 0 saturated carbocycles. The van der Waals surface area contributed by atoms with Crippen molar-refractivity contribution in [2.24, 2.45) is 11.7 Å². The quantitative estimate of drug-likeness (QED) is 0.754. The van der Waals surface area contributed by atoms with Crippen LogP contribution in [0.5, 0.6) is 0 Å². The van der Waals surface area contributed by atoms with Crippen LogP contribution in [-0.4, -0.2) is 25.4 Å². The van der Waals surface area contributed by atoms with Crippen LogP contribution in [0.1, 0.15) is 29.8 Å². The van der Waals surface area contributed by atoms with Crippen molar-refractivity contribution in [1.82, 2.24) is 19.5 Å².